The van der Waals surface area contributed by atoms with E-state index in [-0.39, 0.29) is 12.0 Å². The lowest BCUT2D eigenvalue weighted by atomic mass is 9.98. The van der Waals surface area contributed by atoms with Gasteiger partial charge in [-0.3, -0.25) is 4.98 Å². The van der Waals surface area contributed by atoms with Crippen molar-refractivity contribution in [3.63, 3.8) is 0 Å². The van der Waals surface area contributed by atoms with Gasteiger partial charge in [-0.2, -0.15) is 0 Å². The van der Waals surface area contributed by atoms with Gasteiger partial charge in [0.15, 0.2) is 0 Å². The van der Waals surface area contributed by atoms with E-state index in [9.17, 15) is 0 Å². The zero-order valence-corrected chi connectivity index (χ0v) is 7.38. The van der Waals surface area contributed by atoms with Crippen LogP contribution in [-0.4, -0.2) is 16.7 Å². The SMILES string of the molecule is OCC1(c2ccncc2Cl)CC1. The van der Waals surface area contributed by atoms with E-state index in [1.54, 1.807) is 12.4 Å². The molecule has 2 rings (SSSR count). The molecular formula is C9H10ClNO. The second-order valence-electron chi connectivity index (χ2n) is 3.29. The number of halogens is 1. The third-order valence-electron chi connectivity index (χ3n) is 2.50. The largest absolute Gasteiger partial charge is 0.395 e. The minimum absolute atomic E-state index is 0.0416. The molecule has 64 valence electrons. The summed E-state index contributed by atoms with van der Waals surface area (Å²) in [5.41, 5.74) is 1.00. The molecule has 0 spiro atoms. The van der Waals surface area contributed by atoms with Crippen molar-refractivity contribution in [2.24, 2.45) is 0 Å². The van der Waals surface area contributed by atoms with Gasteiger partial charge in [-0.25, -0.2) is 0 Å². The molecule has 0 unspecified atom stereocenters. The molecule has 0 atom stereocenters. The van der Waals surface area contributed by atoms with Crippen LogP contribution in [0.5, 0.6) is 0 Å². The van der Waals surface area contributed by atoms with Gasteiger partial charge < -0.3 is 5.11 Å². The zero-order chi connectivity index (χ0) is 8.60. The number of hydrogen-bond acceptors (Lipinski definition) is 2. The molecule has 12 heavy (non-hydrogen) atoms. The van der Waals surface area contributed by atoms with Crippen molar-refractivity contribution < 1.29 is 5.11 Å². The van der Waals surface area contributed by atoms with Crippen molar-refractivity contribution in [3.8, 4) is 0 Å². The zero-order valence-electron chi connectivity index (χ0n) is 6.63. The predicted molar refractivity (Wildman–Crippen MR) is 47.2 cm³/mol. The van der Waals surface area contributed by atoms with Crippen molar-refractivity contribution >= 4 is 11.6 Å². The maximum atomic E-state index is 9.16. The van der Waals surface area contributed by atoms with Gasteiger partial charge in [-0.15, -0.1) is 0 Å². The fraction of sp³-hybridized carbons (Fsp3) is 0.444. The van der Waals surface area contributed by atoms with E-state index in [0.717, 1.165) is 18.4 Å². The fourth-order valence-corrected chi connectivity index (χ4v) is 1.79. The lowest BCUT2D eigenvalue weighted by Crippen LogP contribution is -2.12. The summed E-state index contributed by atoms with van der Waals surface area (Å²) in [6.07, 6.45) is 5.42. The maximum Gasteiger partial charge on any atom is 0.0627 e. The van der Waals surface area contributed by atoms with E-state index in [1.807, 2.05) is 6.07 Å². The molecule has 2 nitrogen and oxygen atoms in total. The van der Waals surface area contributed by atoms with Crippen LogP contribution in [0.2, 0.25) is 5.02 Å². The van der Waals surface area contributed by atoms with E-state index in [0.29, 0.717) is 5.02 Å². The Balaban J connectivity index is 2.40. The summed E-state index contributed by atoms with van der Waals surface area (Å²) in [6.45, 7) is 0.191. The molecule has 1 aromatic heterocycles. The van der Waals surface area contributed by atoms with Crippen LogP contribution in [0.25, 0.3) is 0 Å². The third-order valence-corrected chi connectivity index (χ3v) is 2.80. The number of aliphatic hydroxyl groups is 1. The molecule has 1 aliphatic carbocycles. The van der Waals surface area contributed by atoms with E-state index in [1.165, 1.54) is 0 Å². The van der Waals surface area contributed by atoms with Crippen LogP contribution in [0.1, 0.15) is 18.4 Å². The van der Waals surface area contributed by atoms with E-state index < -0.39 is 0 Å². The average Bonchev–Trinajstić information content (AvgIpc) is 2.86. The van der Waals surface area contributed by atoms with Crippen molar-refractivity contribution in [2.45, 2.75) is 18.3 Å². The number of hydrogen-bond donors (Lipinski definition) is 1. The van der Waals surface area contributed by atoms with Gasteiger partial charge in [-0.1, -0.05) is 11.6 Å². The molecule has 0 amide bonds. The Bertz CT molecular complexity index is 296. The Morgan fingerprint density at radius 1 is 1.58 bits per heavy atom. The summed E-state index contributed by atoms with van der Waals surface area (Å²) >= 11 is 5.95. The van der Waals surface area contributed by atoms with Gasteiger partial charge in [0.2, 0.25) is 0 Å². The molecule has 1 saturated carbocycles. The highest BCUT2D eigenvalue weighted by molar-refractivity contribution is 6.31. The Kier molecular flexibility index (Phi) is 1.81. The molecule has 0 saturated heterocycles. The topological polar surface area (TPSA) is 33.1 Å². The maximum absolute atomic E-state index is 9.16. The Hall–Kier alpha value is -0.600. The number of rotatable bonds is 2. The van der Waals surface area contributed by atoms with Crippen LogP contribution in [0.4, 0.5) is 0 Å². The van der Waals surface area contributed by atoms with Gasteiger partial charge >= 0.3 is 0 Å². The van der Waals surface area contributed by atoms with Gasteiger partial charge in [0.1, 0.15) is 0 Å². The molecule has 0 aromatic carbocycles. The monoisotopic (exact) mass is 183 g/mol. The van der Waals surface area contributed by atoms with E-state index >= 15 is 0 Å². The molecule has 0 aliphatic heterocycles. The lowest BCUT2D eigenvalue weighted by Gasteiger charge is -2.12. The van der Waals surface area contributed by atoms with Crippen LogP contribution in [0.3, 0.4) is 0 Å². The Labute approximate surface area is 76.2 Å². The first kappa shape index (κ1) is 8.02. The normalized spacial score (nSPS) is 19.2. The first-order valence-electron chi connectivity index (χ1n) is 3.99. The summed E-state index contributed by atoms with van der Waals surface area (Å²) in [4.78, 5) is 3.91. The molecule has 1 N–H and O–H groups in total. The highest BCUT2D eigenvalue weighted by Gasteiger charge is 2.44. The molecular weight excluding hydrogens is 174 g/mol. The highest BCUT2D eigenvalue weighted by atomic mass is 35.5. The fourth-order valence-electron chi connectivity index (χ4n) is 1.47. The quantitative estimate of drug-likeness (QED) is 0.758. The first-order chi connectivity index (χ1) is 5.78. The molecule has 1 fully saturated rings. The minimum Gasteiger partial charge on any atom is -0.395 e. The standard InChI is InChI=1S/C9H10ClNO/c10-8-5-11-4-1-7(8)9(6-12)2-3-9/h1,4-5,12H,2-3,6H2. The molecule has 0 bridgehead atoms. The minimum atomic E-state index is -0.0416. The Morgan fingerprint density at radius 2 is 2.33 bits per heavy atom. The molecule has 1 aliphatic rings. The summed E-state index contributed by atoms with van der Waals surface area (Å²) in [5, 5.41) is 9.83. The van der Waals surface area contributed by atoms with Gasteiger partial charge in [0.25, 0.3) is 0 Å². The average molecular weight is 184 g/mol. The summed E-state index contributed by atoms with van der Waals surface area (Å²) < 4.78 is 0. The second-order valence-corrected chi connectivity index (χ2v) is 3.70. The van der Waals surface area contributed by atoms with Crippen LogP contribution in [0, 0.1) is 0 Å². The van der Waals surface area contributed by atoms with Gasteiger partial charge in [0.05, 0.1) is 11.6 Å². The Morgan fingerprint density at radius 3 is 2.83 bits per heavy atom. The van der Waals surface area contributed by atoms with Crippen LogP contribution in [-0.2, 0) is 5.41 Å². The molecule has 0 radical (unpaired) electrons. The third kappa shape index (κ3) is 1.11. The van der Waals surface area contributed by atoms with Crippen LogP contribution in [0.15, 0.2) is 18.5 Å². The number of pyridine rings is 1. The number of nitrogens with zero attached hydrogens (tertiary/aromatic N) is 1. The van der Waals surface area contributed by atoms with Crippen molar-refractivity contribution in [1.29, 1.82) is 0 Å². The second kappa shape index (κ2) is 2.71. The smallest absolute Gasteiger partial charge is 0.0627 e. The number of aromatic nitrogens is 1. The van der Waals surface area contributed by atoms with Crippen LogP contribution >= 0.6 is 11.6 Å². The summed E-state index contributed by atoms with van der Waals surface area (Å²) in [5.74, 6) is 0. The number of aliphatic hydroxyl groups excluding tert-OH is 1. The van der Waals surface area contributed by atoms with E-state index in [2.05, 4.69) is 4.98 Å². The van der Waals surface area contributed by atoms with Gasteiger partial charge in [-0.05, 0) is 24.5 Å². The highest BCUT2D eigenvalue weighted by Crippen LogP contribution is 2.49. The predicted octanol–water partition coefficient (Wildman–Crippen LogP) is 1.76. The van der Waals surface area contributed by atoms with Crippen molar-refractivity contribution in [2.75, 3.05) is 6.61 Å². The lowest BCUT2D eigenvalue weighted by molar-refractivity contribution is 0.255. The van der Waals surface area contributed by atoms with E-state index in [4.69, 9.17) is 16.7 Å². The summed E-state index contributed by atoms with van der Waals surface area (Å²) in [6, 6.07) is 1.89. The molecule has 1 aromatic rings. The molecule has 3 heteroatoms. The first-order valence-corrected chi connectivity index (χ1v) is 4.37. The molecule has 1 heterocycles. The summed E-state index contributed by atoms with van der Waals surface area (Å²) in [7, 11) is 0. The van der Waals surface area contributed by atoms with Gasteiger partial charge in [0, 0.05) is 17.8 Å². The van der Waals surface area contributed by atoms with Crippen molar-refractivity contribution in [1.82, 2.24) is 4.98 Å². The van der Waals surface area contributed by atoms with Crippen molar-refractivity contribution in [3.05, 3.63) is 29.0 Å². The van der Waals surface area contributed by atoms with Crippen LogP contribution < -0.4 is 0 Å².